The van der Waals surface area contributed by atoms with Gasteiger partial charge in [-0.25, -0.2) is 0 Å². The minimum absolute atomic E-state index is 0.0123. The lowest BCUT2D eigenvalue weighted by atomic mass is 10.5. The zero-order valence-corrected chi connectivity index (χ0v) is 7.44. The van der Waals surface area contributed by atoms with Gasteiger partial charge in [0.15, 0.2) is 0 Å². The molecule has 0 fully saturated rings. The van der Waals surface area contributed by atoms with Crippen molar-refractivity contribution in [2.75, 3.05) is 25.7 Å². The lowest BCUT2D eigenvalue weighted by Gasteiger charge is -2.04. The van der Waals surface area contributed by atoms with Gasteiger partial charge in [-0.3, -0.25) is 0 Å². The van der Waals surface area contributed by atoms with Gasteiger partial charge in [-0.1, -0.05) is 0 Å². The van der Waals surface area contributed by atoms with E-state index in [0.29, 0.717) is 0 Å². The van der Waals surface area contributed by atoms with Crippen molar-refractivity contribution in [3.8, 4) is 0 Å². The van der Waals surface area contributed by atoms with Crippen molar-refractivity contribution in [3.05, 3.63) is 0 Å². The molecule has 1 nitrogen and oxygen atoms in total. The van der Waals surface area contributed by atoms with Crippen LogP contribution in [0.1, 0.15) is 0 Å². The van der Waals surface area contributed by atoms with Crippen molar-refractivity contribution in [1.82, 2.24) is 0 Å². The zero-order chi connectivity index (χ0) is 6.41. The third-order valence-corrected chi connectivity index (χ3v) is 2.64. The van der Waals surface area contributed by atoms with Crippen molar-refractivity contribution >= 4 is 17.2 Å². The zero-order valence-electron chi connectivity index (χ0n) is 5.44. The summed E-state index contributed by atoms with van der Waals surface area (Å²) in [6.45, 7) is 4.25. The molecule has 1 N–H and O–H groups in total. The molecule has 0 rings (SSSR count). The number of aliphatic hydroxyl groups excluding tert-OH is 1. The Morgan fingerprint density at radius 1 is 1.25 bits per heavy atom. The van der Waals surface area contributed by atoms with Crippen molar-refractivity contribution in [3.63, 3.8) is 0 Å². The third-order valence-electron chi connectivity index (χ3n) is 0.879. The molecule has 2 unspecified atom stereocenters. The molecule has 0 saturated heterocycles. The fraction of sp³-hybridized carbons (Fsp3) is 1.00. The van der Waals surface area contributed by atoms with Crippen LogP contribution >= 0.6 is 17.2 Å². The number of rotatable bonds is 4. The Kier molecular flexibility index (Phi) is 6.56. The largest absolute Gasteiger partial charge is 0.392 e. The summed E-state index contributed by atoms with van der Waals surface area (Å²) < 4.78 is 0. The van der Waals surface area contributed by atoms with Crippen LogP contribution < -0.4 is 0 Å². The molecule has 0 aliphatic carbocycles. The smallest absolute Gasteiger partial charge is 0.0613 e. The van der Waals surface area contributed by atoms with Gasteiger partial charge in [0.05, 0.1) is 6.10 Å². The fourth-order valence-corrected chi connectivity index (χ4v) is 2.06. The Bertz CT molecular complexity index is 43.7. The second kappa shape index (κ2) is 5.95. The number of aliphatic hydroxyl groups is 1. The maximum absolute atomic E-state index is 9.06. The van der Waals surface area contributed by atoms with Gasteiger partial charge in [-0.15, -0.1) is 17.2 Å². The van der Waals surface area contributed by atoms with E-state index in [4.69, 9.17) is 5.11 Å². The molecule has 0 aromatic carbocycles. The van der Waals surface area contributed by atoms with Gasteiger partial charge in [0.1, 0.15) is 0 Å². The molecule has 0 radical (unpaired) electrons. The molecule has 0 saturated carbocycles. The summed E-state index contributed by atoms with van der Waals surface area (Å²) >= 11 is 0. The molecular formula is C5H14OP2. The van der Waals surface area contributed by atoms with Gasteiger partial charge in [0, 0.05) is 0 Å². The summed E-state index contributed by atoms with van der Waals surface area (Å²) in [5, 5.41) is 9.06. The standard InChI is InChI=1S/C5H14OP2/c1-7-3-5(6)4-8-2/h5-8H,3-4H2,1-2H3. The van der Waals surface area contributed by atoms with E-state index in [2.05, 4.69) is 13.3 Å². The molecule has 50 valence electrons. The first kappa shape index (κ1) is 8.82. The highest BCUT2D eigenvalue weighted by molar-refractivity contribution is 7.38. The van der Waals surface area contributed by atoms with Crippen LogP contribution in [-0.4, -0.2) is 36.9 Å². The first-order chi connectivity index (χ1) is 3.81. The second-order valence-electron chi connectivity index (χ2n) is 1.77. The van der Waals surface area contributed by atoms with E-state index in [1.807, 2.05) is 0 Å². The number of hydrogen-bond donors (Lipinski definition) is 1. The van der Waals surface area contributed by atoms with Crippen molar-refractivity contribution in [2.24, 2.45) is 0 Å². The predicted octanol–water partition coefficient (Wildman–Crippen LogP) is 0.964. The molecule has 0 spiro atoms. The van der Waals surface area contributed by atoms with Crippen molar-refractivity contribution < 1.29 is 5.11 Å². The van der Waals surface area contributed by atoms with Gasteiger partial charge < -0.3 is 5.11 Å². The molecule has 0 aromatic rings. The topological polar surface area (TPSA) is 20.2 Å². The number of hydrogen-bond acceptors (Lipinski definition) is 1. The highest BCUT2D eigenvalue weighted by Crippen LogP contribution is 2.10. The van der Waals surface area contributed by atoms with Crippen molar-refractivity contribution in [1.29, 1.82) is 0 Å². The maximum Gasteiger partial charge on any atom is 0.0613 e. The summed E-state index contributed by atoms with van der Waals surface area (Å²) in [7, 11) is 1.80. The normalized spacial score (nSPS) is 16.9. The first-order valence-electron chi connectivity index (χ1n) is 2.78. The van der Waals surface area contributed by atoms with Crippen LogP contribution in [0.3, 0.4) is 0 Å². The van der Waals surface area contributed by atoms with Crippen LogP contribution in [0.25, 0.3) is 0 Å². The summed E-state index contributed by atoms with van der Waals surface area (Å²) in [4.78, 5) is 0. The van der Waals surface area contributed by atoms with Gasteiger partial charge in [-0.2, -0.15) is 0 Å². The van der Waals surface area contributed by atoms with Gasteiger partial charge in [0.25, 0.3) is 0 Å². The van der Waals surface area contributed by atoms with E-state index in [-0.39, 0.29) is 6.10 Å². The highest BCUT2D eigenvalue weighted by atomic mass is 31.1. The van der Waals surface area contributed by atoms with Crippen LogP contribution in [-0.2, 0) is 0 Å². The van der Waals surface area contributed by atoms with Crippen LogP contribution in [0.2, 0.25) is 0 Å². The lowest BCUT2D eigenvalue weighted by molar-refractivity contribution is 0.224. The van der Waals surface area contributed by atoms with Gasteiger partial charge in [-0.05, 0) is 25.7 Å². The monoisotopic (exact) mass is 152 g/mol. The molecule has 3 heteroatoms. The minimum Gasteiger partial charge on any atom is -0.392 e. The summed E-state index contributed by atoms with van der Waals surface area (Å²) in [6, 6.07) is 0. The second-order valence-corrected chi connectivity index (χ2v) is 4.00. The molecule has 0 heterocycles. The molecule has 0 amide bonds. The first-order valence-corrected chi connectivity index (χ1v) is 6.20. The Hall–Kier alpha value is 0.820. The predicted molar refractivity (Wildman–Crippen MR) is 44.2 cm³/mol. The molecule has 2 atom stereocenters. The Morgan fingerprint density at radius 2 is 1.62 bits per heavy atom. The highest BCUT2D eigenvalue weighted by Gasteiger charge is 1.97. The van der Waals surface area contributed by atoms with Gasteiger partial charge >= 0.3 is 0 Å². The molecular weight excluding hydrogens is 138 g/mol. The van der Waals surface area contributed by atoms with E-state index < -0.39 is 0 Å². The van der Waals surface area contributed by atoms with Crippen LogP contribution in [0.5, 0.6) is 0 Å². The van der Waals surface area contributed by atoms with Crippen LogP contribution in [0.4, 0.5) is 0 Å². The van der Waals surface area contributed by atoms with E-state index >= 15 is 0 Å². The lowest BCUT2D eigenvalue weighted by Crippen LogP contribution is -2.10. The van der Waals surface area contributed by atoms with E-state index in [9.17, 15) is 0 Å². The van der Waals surface area contributed by atoms with Gasteiger partial charge in [0.2, 0.25) is 0 Å². The molecule has 0 aliphatic heterocycles. The summed E-state index contributed by atoms with van der Waals surface area (Å²) in [6.07, 6.45) is 1.99. The third kappa shape index (κ3) is 4.97. The van der Waals surface area contributed by atoms with Crippen molar-refractivity contribution in [2.45, 2.75) is 6.10 Å². The van der Waals surface area contributed by atoms with E-state index in [1.165, 1.54) is 0 Å². The van der Waals surface area contributed by atoms with E-state index in [1.54, 1.807) is 0 Å². The molecule has 0 bridgehead atoms. The molecule has 0 aliphatic rings. The summed E-state index contributed by atoms with van der Waals surface area (Å²) in [5.41, 5.74) is 0. The summed E-state index contributed by atoms with van der Waals surface area (Å²) in [5.74, 6) is 0. The average Bonchev–Trinajstić information content (AvgIpc) is 1.68. The van der Waals surface area contributed by atoms with Crippen LogP contribution in [0, 0.1) is 0 Å². The molecule has 0 aromatic heterocycles. The van der Waals surface area contributed by atoms with Crippen LogP contribution in [0.15, 0.2) is 0 Å². The quantitative estimate of drug-likeness (QED) is 0.595. The minimum atomic E-state index is -0.0123. The Morgan fingerprint density at radius 3 is 1.88 bits per heavy atom. The van der Waals surface area contributed by atoms with E-state index in [0.717, 1.165) is 29.5 Å². The average molecular weight is 152 g/mol. The SMILES string of the molecule is CPCC(O)CPC. The molecule has 8 heavy (non-hydrogen) atoms. The Labute approximate surface area is 54.8 Å². The Balaban J connectivity index is 2.92. The maximum atomic E-state index is 9.06. The fourth-order valence-electron chi connectivity index (χ4n) is 0.543.